The van der Waals surface area contributed by atoms with Gasteiger partial charge in [-0.15, -0.1) is 0 Å². The zero-order valence-corrected chi connectivity index (χ0v) is 20.0. The summed E-state index contributed by atoms with van der Waals surface area (Å²) >= 11 is -0.839. The Kier molecular flexibility index (Phi) is 13.0. The van der Waals surface area contributed by atoms with Crippen LogP contribution in [0.3, 0.4) is 0 Å². The number of hydrogen-bond acceptors (Lipinski definition) is 5. The van der Waals surface area contributed by atoms with Gasteiger partial charge in [0.1, 0.15) is 12.2 Å². The summed E-state index contributed by atoms with van der Waals surface area (Å²) in [6.07, 6.45) is 5.78. The first-order chi connectivity index (χ1) is 12.5. The predicted octanol–water partition coefficient (Wildman–Crippen LogP) is 2.40. The summed E-state index contributed by atoms with van der Waals surface area (Å²) in [5.74, 6) is 0. The quantitative estimate of drug-likeness (QED) is 0.381. The molecule has 0 aromatic heterocycles. The van der Waals surface area contributed by atoms with Crippen molar-refractivity contribution in [1.29, 1.82) is 0 Å². The van der Waals surface area contributed by atoms with Crippen molar-refractivity contribution in [2.24, 2.45) is 0 Å². The monoisotopic (exact) mass is 482 g/mol. The fourth-order valence-corrected chi connectivity index (χ4v) is 13.4. The van der Waals surface area contributed by atoms with E-state index in [1.807, 2.05) is 4.90 Å². The van der Waals surface area contributed by atoms with E-state index in [4.69, 9.17) is 0 Å². The van der Waals surface area contributed by atoms with Gasteiger partial charge in [-0.1, -0.05) is 0 Å². The maximum absolute atomic E-state index is 9.58. The van der Waals surface area contributed by atoms with E-state index in [-0.39, 0.29) is 0 Å². The van der Waals surface area contributed by atoms with E-state index in [9.17, 15) is 20.4 Å². The van der Waals surface area contributed by atoms with Gasteiger partial charge >= 0.3 is 92.4 Å². The predicted molar refractivity (Wildman–Crippen MR) is 109 cm³/mol. The number of aliphatic hydroxyl groups excluding tert-OH is 4. The van der Waals surface area contributed by atoms with Crippen molar-refractivity contribution >= 4 is 19.8 Å². The molecule has 2 saturated heterocycles. The van der Waals surface area contributed by atoms with E-state index in [0.29, 0.717) is 19.5 Å². The maximum Gasteiger partial charge on any atom is 0.109 e. The molecular formula is C20H42NO4Sn. The molecule has 26 heavy (non-hydrogen) atoms. The van der Waals surface area contributed by atoms with Crippen LogP contribution in [0, 0.1) is 0 Å². The average molecular weight is 481 g/mol. The van der Waals surface area contributed by atoms with Crippen LogP contribution < -0.4 is 0 Å². The van der Waals surface area contributed by atoms with E-state index in [1.165, 1.54) is 38.5 Å². The van der Waals surface area contributed by atoms with Gasteiger partial charge in [0.05, 0.1) is 18.2 Å². The molecule has 155 valence electrons. The van der Waals surface area contributed by atoms with E-state index in [2.05, 4.69) is 20.8 Å². The minimum atomic E-state index is -1.13. The molecule has 4 N–H and O–H groups in total. The average Bonchev–Trinajstić information content (AvgIpc) is 3.00. The van der Waals surface area contributed by atoms with Crippen LogP contribution in [0.2, 0.25) is 13.3 Å². The Morgan fingerprint density at radius 1 is 0.808 bits per heavy atom. The fourth-order valence-electron chi connectivity index (χ4n) is 3.95. The van der Waals surface area contributed by atoms with Crippen LogP contribution in [0.4, 0.5) is 0 Å². The van der Waals surface area contributed by atoms with Gasteiger partial charge in [-0.2, -0.15) is 0 Å². The minimum absolute atomic E-state index is 0.333. The molecule has 0 aromatic carbocycles. The maximum atomic E-state index is 9.58. The molecule has 2 heterocycles. The SMILES string of the molecule is CCC[CH2][Sn]([CH2]CCC)[CH2]CCC.O[C@H]1[C@H](O)[C@@H](O)CN2[14CH2]C[C@H](O)[C@H]12. The smallest absolute Gasteiger partial charge is 0.109 e. The molecule has 0 unspecified atom stereocenters. The molecule has 0 aromatic rings. The second kappa shape index (κ2) is 13.7. The van der Waals surface area contributed by atoms with Crippen molar-refractivity contribution in [3.8, 4) is 0 Å². The van der Waals surface area contributed by atoms with Crippen molar-refractivity contribution in [3.63, 3.8) is 0 Å². The molecule has 0 amide bonds. The number of piperidine rings is 1. The van der Waals surface area contributed by atoms with Gasteiger partial charge in [0.25, 0.3) is 0 Å². The third kappa shape index (κ3) is 7.92. The number of rotatable bonds is 9. The van der Waals surface area contributed by atoms with Crippen LogP contribution in [0.25, 0.3) is 0 Å². The zero-order chi connectivity index (χ0) is 19.5. The number of fused-ring (bicyclic) bond motifs is 1. The summed E-state index contributed by atoms with van der Waals surface area (Å²) in [5, 5.41) is 37.8. The first-order valence-electron chi connectivity index (χ1n) is 10.8. The van der Waals surface area contributed by atoms with Gasteiger partial charge in [0.2, 0.25) is 0 Å². The number of unbranched alkanes of at least 4 members (excludes halogenated alkanes) is 3. The van der Waals surface area contributed by atoms with Crippen molar-refractivity contribution in [1.82, 2.24) is 4.90 Å². The third-order valence-corrected chi connectivity index (χ3v) is 14.8. The molecule has 0 saturated carbocycles. The van der Waals surface area contributed by atoms with Gasteiger partial charge < -0.3 is 20.4 Å². The summed E-state index contributed by atoms with van der Waals surface area (Å²) < 4.78 is 5.04. The Morgan fingerprint density at radius 2 is 1.31 bits per heavy atom. The van der Waals surface area contributed by atoms with E-state index >= 15 is 0 Å². The normalized spacial score (nSPS) is 31.6. The Balaban J connectivity index is 0.000000260. The van der Waals surface area contributed by atoms with Crippen molar-refractivity contribution in [2.45, 2.75) is 109 Å². The van der Waals surface area contributed by atoms with Crippen LogP contribution in [-0.4, -0.2) is 88.6 Å². The first-order valence-corrected chi connectivity index (χ1v) is 16.8. The summed E-state index contributed by atoms with van der Waals surface area (Å²) in [4.78, 5) is 1.83. The third-order valence-electron chi connectivity index (χ3n) is 5.70. The fraction of sp³-hybridized carbons (Fsp3) is 1.00. The Hall–Kier alpha value is 0.599. The molecule has 0 bridgehead atoms. The van der Waals surface area contributed by atoms with Gasteiger partial charge in [0, 0.05) is 13.1 Å². The van der Waals surface area contributed by atoms with E-state index in [0.717, 1.165) is 0 Å². The molecular weight excluding hydrogens is 439 g/mol. The summed E-state index contributed by atoms with van der Waals surface area (Å²) in [5.41, 5.74) is 0. The molecule has 2 aliphatic heterocycles. The van der Waals surface area contributed by atoms with Crippen molar-refractivity contribution in [2.75, 3.05) is 13.1 Å². The zero-order valence-electron chi connectivity index (χ0n) is 17.1. The van der Waals surface area contributed by atoms with Crippen molar-refractivity contribution in [3.05, 3.63) is 0 Å². The van der Waals surface area contributed by atoms with Gasteiger partial charge in [-0.25, -0.2) is 0 Å². The van der Waals surface area contributed by atoms with Crippen LogP contribution in [0.5, 0.6) is 0 Å². The minimum Gasteiger partial charge on any atom is -0.391 e. The topological polar surface area (TPSA) is 84.2 Å². The molecule has 5 atom stereocenters. The molecule has 2 aliphatic rings. The van der Waals surface area contributed by atoms with Crippen LogP contribution in [0.15, 0.2) is 0 Å². The van der Waals surface area contributed by atoms with E-state index in [1.54, 1.807) is 13.3 Å². The molecule has 2 fully saturated rings. The summed E-state index contributed by atoms with van der Waals surface area (Å²) in [7, 11) is 0. The van der Waals surface area contributed by atoms with Crippen LogP contribution in [0.1, 0.15) is 65.7 Å². The second-order valence-electron chi connectivity index (χ2n) is 7.95. The van der Waals surface area contributed by atoms with Gasteiger partial charge in [0.15, 0.2) is 0 Å². The molecule has 1 radical (unpaired) electrons. The largest absolute Gasteiger partial charge is 0.391 e. The number of aliphatic hydroxyl groups is 4. The van der Waals surface area contributed by atoms with Crippen molar-refractivity contribution < 1.29 is 20.4 Å². The Bertz CT molecular complexity index is 342. The molecule has 5 nitrogen and oxygen atoms in total. The summed E-state index contributed by atoms with van der Waals surface area (Å²) in [6, 6.07) is -0.404. The number of hydrogen-bond donors (Lipinski definition) is 4. The van der Waals surface area contributed by atoms with Crippen LogP contribution in [-0.2, 0) is 0 Å². The van der Waals surface area contributed by atoms with Crippen LogP contribution >= 0.6 is 0 Å². The molecule has 2 rings (SSSR count). The standard InChI is InChI=1S/C8H15NO4.3C4H9.Sn/c10-4-1-2-9-3-5(11)7(12)8(13)6(4)9;3*1-3-4-2;/h4-8,10-13H,1-3H2;3*1,3-4H2,2H3;/t4-,5-,6+,7+,8+;;;;/m0..../s1/i2+2;;;;. The van der Waals surface area contributed by atoms with Gasteiger partial charge in [-0.05, 0) is 6.42 Å². The molecule has 0 aliphatic carbocycles. The van der Waals surface area contributed by atoms with Gasteiger partial charge in [-0.3, -0.25) is 4.90 Å². The molecule has 0 spiro atoms. The summed E-state index contributed by atoms with van der Waals surface area (Å²) in [6.45, 7) is 8.01. The second-order valence-corrected chi connectivity index (χ2v) is 16.5. The Morgan fingerprint density at radius 3 is 1.77 bits per heavy atom. The van der Waals surface area contributed by atoms with E-state index < -0.39 is 50.2 Å². The first kappa shape index (κ1) is 24.6. The number of nitrogens with zero attached hydrogens (tertiary/aromatic N) is 1. The Labute approximate surface area is 167 Å². The molecule has 6 heteroatoms.